The van der Waals surface area contributed by atoms with Crippen LogP contribution in [0, 0.1) is 0 Å². The minimum Gasteiger partial charge on any atom is -0.444 e. The van der Waals surface area contributed by atoms with Crippen LogP contribution < -0.4 is 0 Å². The van der Waals surface area contributed by atoms with Crippen molar-refractivity contribution < 1.29 is 9.53 Å². The summed E-state index contributed by atoms with van der Waals surface area (Å²) >= 11 is 0. The highest BCUT2D eigenvalue weighted by molar-refractivity contribution is 5.67. The van der Waals surface area contributed by atoms with Gasteiger partial charge in [0.05, 0.1) is 6.67 Å². The predicted molar refractivity (Wildman–Crippen MR) is 88.7 cm³/mol. The Labute approximate surface area is 134 Å². The Hall–Kier alpha value is -1.55. The van der Waals surface area contributed by atoms with Crippen molar-refractivity contribution >= 4 is 6.09 Å². The molecule has 0 bridgehead atoms. The van der Waals surface area contributed by atoms with Crippen molar-refractivity contribution in [2.45, 2.75) is 51.7 Å². The molecule has 0 radical (unpaired) electrons. The Balaban J connectivity index is 1.89. The number of hydrogen-bond donors (Lipinski definition) is 0. The van der Waals surface area contributed by atoms with Gasteiger partial charge in [-0.05, 0) is 45.6 Å². The summed E-state index contributed by atoms with van der Waals surface area (Å²) in [6.45, 7) is 7.36. The van der Waals surface area contributed by atoms with E-state index in [-0.39, 0.29) is 6.09 Å². The number of likely N-dealkylation sites (tertiary alicyclic amines) is 1. The van der Waals surface area contributed by atoms with Crippen LogP contribution >= 0.6 is 0 Å². The van der Waals surface area contributed by atoms with Crippen molar-refractivity contribution in [2.75, 3.05) is 20.3 Å². The molecular formula is C18H28N2O2. The standard InChI is InChI=1S/C18H28N2O2/c1-18(2,3)22-17(21)19(4)14-20-12-8-11-16(20)13-15-9-6-5-7-10-15/h5-7,9-10,16H,8,11-14H2,1-4H3/t16-/m0/s1. The number of hydrogen-bond acceptors (Lipinski definition) is 3. The Bertz CT molecular complexity index is 482. The van der Waals surface area contributed by atoms with Gasteiger partial charge < -0.3 is 4.74 Å². The molecule has 0 spiro atoms. The molecule has 1 aliphatic rings. The maximum absolute atomic E-state index is 12.1. The zero-order valence-electron chi connectivity index (χ0n) is 14.2. The highest BCUT2D eigenvalue weighted by Gasteiger charge is 2.28. The number of rotatable bonds is 4. The lowest BCUT2D eigenvalue weighted by Crippen LogP contribution is -2.44. The van der Waals surface area contributed by atoms with E-state index >= 15 is 0 Å². The molecule has 1 heterocycles. The third kappa shape index (κ3) is 5.02. The van der Waals surface area contributed by atoms with Gasteiger partial charge in [-0.15, -0.1) is 0 Å². The molecule has 0 aliphatic carbocycles. The number of ether oxygens (including phenoxy) is 1. The van der Waals surface area contributed by atoms with E-state index in [4.69, 9.17) is 4.74 Å². The summed E-state index contributed by atoms with van der Waals surface area (Å²) in [6, 6.07) is 11.1. The van der Waals surface area contributed by atoms with E-state index in [2.05, 4.69) is 29.2 Å². The van der Waals surface area contributed by atoms with Gasteiger partial charge in [0, 0.05) is 19.6 Å². The third-order valence-corrected chi connectivity index (χ3v) is 3.91. The minimum absolute atomic E-state index is 0.252. The second kappa shape index (κ2) is 7.14. The summed E-state index contributed by atoms with van der Waals surface area (Å²) in [5.41, 5.74) is 0.916. The molecule has 1 atom stereocenters. The number of carbonyl (C=O) groups excluding carboxylic acids is 1. The van der Waals surface area contributed by atoms with Crippen LogP contribution in [0.1, 0.15) is 39.2 Å². The molecule has 4 heteroatoms. The highest BCUT2D eigenvalue weighted by atomic mass is 16.6. The lowest BCUT2D eigenvalue weighted by Gasteiger charge is -2.31. The molecule has 1 saturated heterocycles. The van der Waals surface area contributed by atoms with E-state index in [0.29, 0.717) is 12.7 Å². The SMILES string of the molecule is CN(CN1CCC[C@H]1Cc1ccccc1)C(=O)OC(C)(C)C. The molecule has 4 nitrogen and oxygen atoms in total. The van der Waals surface area contributed by atoms with Gasteiger partial charge in [-0.25, -0.2) is 4.79 Å². The van der Waals surface area contributed by atoms with Crippen molar-refractivity contribution in [3.63, 3.8) is 0 Å². The van der Waals surface area contributed by atoms with Crippen LogP contribution in [0.5, 0.6) is 0 Å². The van der Waals surface area contributed by atoms with Gasteiger partial charge in [-0.2, -0.15) is 0 Å². The molecule has 22 heavy (non-hydrogen) atoms. The molecule has 0 unspecified atom stereocenters. The molecule has 0 N–H and O–H groups in total. The first-order valence-corrected chi connectivity index (χ1v) is 8.07. The molecule has 1 aliphatic heterocycles. The van der Waals surface area contributed by atoms with E-state index in [9.17, 15) is 4.79 Å². The molecular weight excluding hydrogens is 276 g/mol. The van der Waals surface area contributed by atoms with E-state index in [1.54, 1.807) is 4.90 Å². The summed E-state index contributed by atoms with van der Waals surface area (Å²) in [5, 5.41) is 0. The van der Waals surface area contributed by atoms with Crippen LogP contribution in [-0.2, 0) is 11.2 Å². The van der Waals surface area contributed by atoms with Gasteiger partial charge in [0.25, 0.3) is 0 Å². The van der Waals surface area contributed by atoms with Crippen molar-refractivity contribution in [1.29, 1.82) is 0 Å². The summed E-state index contributed by atoms with van der Waals surface area (Å²) in [6.07, 6.45) is 3.18. The second-order valence-electron chi connectivity index (χ2n) is 7.12. The average Bonchev–Trinajstić information content (AvgIpc) is 2.85. The van der Waals surface area contributed by atoms with E-state index in [1.165, 1.54) is 18.4 Å². The van der Waals surface area contributed by atoms with Gasteiger partial charge in [0.2, 0.25) is 0 Å². The molecule has 0 saturated carbocycles. The average molecular weight is 304 g/mol. The van der Waals surface area contributed by atoms with Crippen LogP contribution in [0.3, 0.4) is 0 Å². The minimum atomic E-state index is -0.445. The number of benzene rings is 1. The molecule has 1 fully saturated rings. The smallest absolute Gasteiger partial charge is 0.411 e. The Morgan fingerprint density at radius 2 is 2.00 bits per heavy atom. The summed E-state index contributed by atoms with van der Waals surface area (Å²) in [5.74, 6) is 0. The first-order valence-electron chi connectivity index (χ1n) is 8.07. The van der Waals surface area contributed by atoms with Crippen LogP contribution in [0.2, 0.25) is 0 Å². The van der Waals surface area contributed by atoms with Gasteiger partial charge in [0.15, 0.2) is 0 Å². The summed E-state index contributed by atoms with van der Waals surface area (Å²) in [4.78, 5) is 16.1. The number of carbonyl (C=O) groups is 1. The zero-order chi connectivity index (χ0) is 16.2. The van der Waals surface area contributed by atoms with Gasteiger partial charge in [0.1, 0.15) is 5.60 Å². The molecule has 2 rings (SSSR count). The van der Waals surface area contributed by atoms with Crippen LogP contribution in [0.25, 0.3) is 0 Å². The summed E-state index contributed by atoms with van der Waals surface area (Å²) in [7, 11) is 1.81. The van der Waals surface area contributed by atoms with E-state index < -0.39 is 5.60 Å². The first kappa shape index (κ1) is 16.8. The Kier molecular flexibility index (Phi) is 5.46. The lowest BCUT2D eigenvalue weighted by atomic mass is 10.0. The molecule has 0 aromatic heterocycles. The second-order valence-corrected chi connectivity index (χ2v) is 7.12. The topological polar surface area (TPSA) is 32.8 Å². The van der Waals surface area contributed by atoms with Gasteiger partial charge in [-0.3, -0.25) is 9.80 Å². The predicted octanol–water partition coefficient (Wildman–Crippen LogP) is 3.52. The van der Waals surface area contributed by atoms with E-state index in [1.807, 2.05) is 33.9 Å². The first-order chi connectivity index (χ1) is 10.3. The lowest BCUT2D eigenvalue weighted by molar-refractivity contribution is 0.0179. The quantitative estimate of drug-likeness (QED) is 0.853. The van der Waals surface area contributed by atoms with Crippen molar-refractivity contribution in [1.82, 2.24) is 9.80 Å². The summed E-state index contributed by atoms with van der Waals surface area (Å²) < 4.78 is 5.42. The highest BCUT2D eigenvalue weighted by Crippen LogP contribution is 2.21. The molecule has 122 valence electrons. The zero-order valence-corrected chi connectivity index (χ0v) is 14.2. The normalized spacial score (nSPS) is 19.2. The van der Waals surface area contributed by atoms with Crippen molar-refractivity contribution in [2.24, 2.45) is 0 Å². The monoisotopic (exact) mass is 304 g/mol. The van der Waals surface area contributed by atoms with Crippen molar-refractivity contribution in [3.05, 3.63) is 35.9 Å². The molecule has 1 aromatic rings. The maximum atomic E-state index is 12.1. The molecule has 1 amide bonds. The Morgan fingerprint density at radius 3 is 2.64 bits per heavy atom. The largest absolute Gasteiger partial charge is 0.444 e. The van der Waals surface area contributed by atoms with Crippen LogP contribution in [0.15, 0.2) is 30.3 Å². The van der Waals surface area contributed by atoms with Crippen LogP contribution in [-0.4, -0.2) is 47.8 Å². The Morgan fingerprint density at radius 1 is 1.32 bits per heavy atom. The van der Waals surface area contributed by atoms with Gasteiger partial charge >= 0.3 is 6.09 Å². The number of nitrogens with zero attached hydrogens (tertiary/aromatic N) is 2. The fraction of sp³-hybridized carbons (Fsp3) is 0.611. The maximum Gasteiger partial charge on any atom is 0.411 e. The number of amides is 1. The fourth-order valence-corrected chi connectivity index (χ4v) is 2.87. The fourth-order valence-electron chi connectivity index (χ4n) is 2.87. The van der Waals surface area contributed by atoms with Crippen molar-refractivity contribution in [3.8, 4) is 0 Å². The van der Waals surface area contributed by atoms with E-state index in [0.717, 1.165) is 13.0 Å². The molecule has 1 aromatic carbocycles. The van der Waals surface area contributed by atoms with Gasteiger partial charge in [-0.1, -0.05) is 30.3 Å². The van der Waals surface area contributed by atoms with Crippen LogP contribution in [0.4, 0.5) is 4.79 Å². The third-order valence-electron chi connectivity index (χ3n) is 3.91.